The molecular formula is C51H34S2. The first-order valence-electron chi connectivity index (χ1n) is 18.3. The van der Waals surface area contributed by atoms with Crippen LogP contribution in [0.1, 0.15) is 36.1 Å². The molecule has 0 unspecified atom stereocenters. The zero-order valence-electron chi connectivity index (χ0n) is 29.5. The van der Waals surface area contributed by atoms with Crippen molar-refractivity contribution in [3.63, 3.8) is 0 Å². The van der Waals surface area contributed by atoms with Gasteiger partial charge in [0.05, 0.1) is 0 Å². The molecule has 250 valence electrons. The zero-order chi connectivity index (χ0) is 35.4. The van der Waals surface area contributed by atoms with Gasteiger partial charge in [-0.2, -0.15) is 0 Å². The molecule has 11 rings (SSSR count). The van der Waals surface area contributed by atoms with E-state index in [2.05, 4.69) is 177 Å². The molecule has 0 atom stereocenters. The van der Waals surface area contributed by atoms with Gasteiger partial charge in [-0.1, -0.05) is 148 Å². The summed E-state index contributed by atoms with van der Waals surface area (Å²) in [5.74, 6) is 0. The van der Waals surface area contributed by atoms with Crippen molar-refractivity contribution >= 4 is 96.9 Å². The second kappa shape index (κ2) is 11.3. The van der Waals surface area contributed by atoms with Crippen LogP contribution < -0.4 is 0 Å². The summed E-state index contributed by atoms with van der Waals surface area (Å²) in [4.78, 5) is 0. The highest BCUT2D eigenvalue weighted by molar-refractivity contribution is 7.26. The van der Waals surface area contributed by atoms with Gasteiger partial charge in [0.25, 0.3) is 0 Å². The standard InChI is InChI=1S/C51H34S2/c1-30(20-21-32-29-52-44-18-10-8-12-33(32)44)47-34-13-4-6-15-36(34)48(37-16-7-5-14-35(37)47)31-22-26-43-42(28-31)40-24-23-38-39(50(40)51(43,2)3)25-27-46-49(38)41-17-9-11-19-45(41)53-46/h4-29H,1H2,2-3H3/b21-20-. The average Bonchev–Trinajstić information content (AvgIpc) is 3.86. The molecule has 1 aliphatic rings. The number of allylic oxidation sites excluding steroid dienone is 2. The molecule has 0 spiro atoms. The smallest absolute Gasteiger partial charge is 0.0361 e. The number of fused-ring (bicyclic) bond motifs is 12. The van der Waals surface area contributed by atoms with Gasteiger partial charge in [-0.3, -0.25) is 0 Å². The first-order chi connectivity index (χ1) is 26.0. The van der Waals surface area contributed by atoms with Crippen LogP contribution in [-0.4, -0.2) is 0 Å². The van der Waals surface area contributed by atoms with Crippen molar-refractivity contribution in [2.45, 2.75) is 19.3 Å². The van der Waals surface area contributed by atoms with E-state index in [1.165, 1.54) is 107 Å². The molecule has 0 aliphatic heterocycles. The topological polar surface area (TPSA) is 0 Å². The van der Waals surface area contributed by atoms with Gasteiger partial charge in [-0.15, -0.1) is 22.7 Å². The SMILES string of the molecule is C=C(/C=C\c1csc2ccccc12)c1c2ccccc2c(-c2ccc3c(c2)-c2ccc4c(ccc5sc6ccccc6c54)c2C3(C)C)c2ccccc12. The number of hydrogen-bond acceptors (Lipinski definition) is 2. The third kappa shape index (κ3) is 4.40. The van der Waals surface area contributed by atoms with Gasteiger partial charge in [0, 0.05) is 30.3 Å². The predicted molar refractivity (Wildman–Crippen MR) is 235 cm³/mol. The molecule has 8 aromatic carbocycles. The first kappa shape index (κ1) is 30.8. The summed E-state index contributed by atoms with van der Waals surface area (Å²) in [6.45, 7) is 9.48. The Hall–Kier alpha value is -5.80. The maximum Gasteiger partial charge on any atom is 0.0361 e. The molecule has 2 heterocycles. The van der Waals surface area contributed by atoms with E-state index in [4.69, 9.17) is 0 Å². The Balaban J connectivity index is 1.10. The lowest BCUT2D eigenvalue weighted by Gasteiger charge is -2.23. The molecule has 2 heteroatoms. The number of thiophene rings is 2. The molecule has 0 nitrogen and oxygen atoms in total. The molecule has 0 radical (unpaired) electrons. The van der Waals surface area contributed by atoms with Gasteiger partial charge in [0.1, 0.15) is 0 Å². The van der Waals surface area contributed by atoms with Crippen LogP contribution in [0.15, 0.2) is 158 Å². The maximum absolute atomic E-state index is 4.67. The Morgan fingerprint density at radius 2 is 1.21 bits per heavy atom. The molecule has 1 aliphatic carbocycles. The van der Waals surface area contributed by atoms with Crippen molar-refractivity contribution in [1.82, 2.24) is 0 Å². The summed E-state index contributed by atoms with van der Waals surface area (Å²) in [6, 6.07) is 52.0. The fourth-order valence-electron chi connectivity index (χ4n) is 9.32. The number of hydrogen-bond donors (Lipinski definition) is 0. The largest absolute Gasteiger partial charge is 0.143 e. The Bertz CT molecular complexity index is 3160. The predicted octanol–water partition coefficient (Wildman–Crippen LogP) is 15.4. The summed E-state index contributed by atoms with van der Waals surface area (Å²) in [6.07, 6.45) is 4.43. The lowest BCUT2D eigenvalue weighted by Crippen LogP contribution is -2.15. The van der Waals surface area contributed by atoms with E-state index in [0.29, 0.717) is 0 Å². The van der Waals surface area contributed by atoms with Crippen LogP contribution in [0.5, 0.6) is 0 Å². The molecular weight excluding hydrogens is 677 g/mol. The fraction of sp³-hybridized carbons (Fsp3) is 0.0588. The summed E-state index contributed by atoms with van der Waals surface area (Å²) in [7, 11) is 0. The van der Waals surface area contributed by atoms with Crippen molar-refractivity contribution in [3.05, 3.63) is 180 Å². The van der Waals surface area contributed by atoms with Gasteiger partial charge in [-0.25, -0.2) is 0 Å². The van der Waals surface area contributed by atoms with Gasteiger partial charge in [0.15, 0.2) is 0 Å². The van der Waals surface area contributed by atoms with Crippen LogP contribution >= 0.6 is 22.7 Å². The number of benzene rings is 8. The zero-order valence-corrected chi connectivity index (χ0v) is 31.2. The summed E-state index contributed by atoms with van der Waals surface area (Å²) in [5.41, 5.74) is 11.4. The highest BCUT2D eigenvalue weighted by Crippen LogP contribution is 2.54. The third-order valence-electron chi connectivity index (χ3n) is 11.7. The molecule has 0 amide bonds. The quantitative estimate of drug-likeness (QED) is 0.126. The van der Waals surface area contributed by atoms with Crippen LogP contribution in [0.25, 0.3) is 96.5 Å². The van der Waals surface area contributed by atoms with Gasteiger partial charge >= 0.3 is 0 Å². The Labute approximate surface area is 316 Å². The maximum atomic E-state index is 4.67. The van der Waals surface area contributed by atoms with Crippen molar-refractivity contribution in [3.8, 4) is 22.3 Å². The minimum atomic E-state index is -0.131. The highest BCUT2D eigenvalue weighted by Gasteiger charge is 2.37. The second-order valence-corrected chi connectivity index (χ2v) is 16.9. The molecule has 0 bridgehead atoms. The minimum absolute atomic E-state index is 0.131. The molecule has 0 N–H and O–H groups in total. The third-order valence-corrected chi connectivity index (χ3v) is 13.8. The van der Waals surface area contributed by atoms with Gasteiger partial charge < -0.3 is 0 Å². The molecule has 2 aromatic heterocycles. The van der Waals surface area contributed by atoms with E-state index in [0.717, 1.165) is 5.57 Å². The van der Waals surface area contributed by atoms with Crippen LogP contribution in [-0.2, 0) is 5.41 Å². The minimum Gasteiger partial charge on any atom is -0.143 e. The van der Waals surface area contributed by atoms with Crippen LogP contribution in [0.4, 0.5) is 0 Å². The van der Waals surface area contributed by atoms with E-state index in [1.807, 2.05) is 11.3 Å². The van der Waals surface area contributed by atoms with Crippen molar-refractivity contribution in [1.29, 1.82) is 0 Å². The molecule has 53 heavy (non-hydrogen) atoms. The van der Waals surface area contributed by atoms with Gasteiger partial charge in [-0.05, 0) is 117 Å². The Kier molecular flexibility index (Phi) is 6.59. The van der Waals surface area contributed by atoms with E-state index < -0.39 is 0 Å². The summed E-state index contributed by atoms with van der Waals surface area (Å²) >= 11 is 3.69. The van der Waals surface area contributed by atoms with E-state index >= 15 is 0 Å². The summed E-state index contributed by atoms with van der Waals surface area (Å²) in [5, 5.41) is 13.9. The molecule has 10 aromatic rings. The molecule has 0 saturated heterocycles. The monoisotopic (exact) mass is 710 g/mol. The van der Waals surface area contributed by atoms with Crippen molar-refractivity contribution in [2.75, 3.05) is 0 Å². The van der Waals surface area contributed by atoms with Crippen LogP contribution in [0.3, 0.4) is 0 Å². The normalized spacial score (nSPS) is 13.6. The van der Waals surface area contributed by atoms with Crippen molar-refractivity contribution in [2.24, 2.45) is 0 Å². The van der Waals surface area contributed by atoms with Crippen LogP contribution in [0.2, 0.25) is 0 Å². The van der Waals surface area contributed by atoms with Gasteiger partial charge in [0.2, 0.25) is 0 Å². The number of rotatable bonds is 4. The Morgan fingerprint density at radius 1 is 0.566 bits per heavy atom. The average molecular weight is 711 g/mol. The second-order valence-electron chi connectivity index (χ2n) is 14.9. The molecule has 0 saturated carbocycles. The molecule has 0 fully saturated rings. The first-order valence-corrected chi connectivity index (χ1v) is 20.0. The lowest BCUT2D eigenvalue weighted by atomic mass is 9.79. The van der Waals surface area contributed by atoms with Crippen molar-refractivity contribution < 1.29 is 0 Å². The van der Waals surface area contributed by atoms with Crippen LogP contribution in [0, 0.1) is 0 Å². The summed E-state index contributed by atoms with van der Waals surface area (Å²) < 4.78 is 4.01. The Morgan fingerprint density at radius 3 is 1.96 bits per heavy atom. The van der Waals surface area contributed by atoms with E-state index in [-0.39, 0.29) is 5.41 Å². The van der Waals surface area contributed by atoms with E-state index in [1.54, 1.807) is 11.3 Å². The highest BCUT2D eigenvalue weighted by atomic mass is 32.1. The van der Waals surface area contributed by atoms with E-state index in [9.17, 15) is 0 Å². The fourth-order valence-corrected chi connectivity index (χ4v) is 11.4. The lowest BCUT2D eigenvalue weighted by molar-refractivity contribution is 0.666.